The van der Waals surface area contributed by atoms with E-state index in [1.807, 2.05) is 13.5 Å². The highest BCUT2D eigenvalue weighted by Gasteiger charge is 2.19. The molecule has 0 saturated carbocycles. The van der Waals surface area contributed by atoms with Crippen LogP contribution in [0.2, 0.25) is 12.6 Å². The maximum atomic E-state index is 5.91. The van der Waals surface area contributed by atoms with Gasteiger partial charge in [0.1, 0.15) is 0 Å². The topological polar surface area (TPSA) is 9.23 Å². The van der Waals surface area contributed by atoms with Gasteiger partial charge in [0.05, 0.1) is 6.61 Å². The molecule has 1 nitrogen and oxygen atoms in total. The first-order valence-electron chi connectivity index (χ1n) is 4.02. The third-order valence-electron chi connectivity index (χ3n) is 1.25. The molecule has 0 spiro atoms. The second-order valence-electron chi connectivity index (χ2n) is 3.18. The number of rotatable bonds is 6. The van der Waals surface area contributed by atoms with Gasteiger partial charge >= 0.3 is 0 Å². The van der Waals surface area contributed by atoms with Crippen LogP contribution in [0.4, 0.5) is 0 Å². The summed E-state index contributed by atoms with van der Waals surface area (Å²) in [7, 11) is 0. The molecule has 0 aromatic rings. The lowest BCUT2D eigenvalue weighted by atomic mass is 10.4. The Bertz CT molecular complexity index is 142. The number of halogens is 2. The molecule has 12 heavy (non-hydrogen) atoms. The summed E-state index contributed by atoms with van der Waals surface area (Å²) in [6.07, 6.45) is 0.947. The van der Waals surface area contributed by atoms with Crippen LogP contribution in [0.5, 0.6) is 0 Å². The van der Waals surface area contributed by atoms with E-state index in [0.29, 0.717) is 6.61 Å². The van der Waals surface area contributed by atoms with Crippen molar-refractivity contribution in [2.75, 3.05) is 13.2 Å². The van der Waals surface area contributed by atoms with Crippen LogP contribution in [0.3, 0.4) is 0 Å². The Labute approximate surface area is 85.1 Å². The fourth-order valence-electron chi connectivity index (χ4n) is 0.731. The van der Waals surface area contributed by atoms with Gasteiger partial charge in [0.25, 0.3) is 0 Å². The molecule has 0 saturated heterocycles. The van der Waals surface area contributed by atoms with Crippen molar-refractivity contribution in [2.24, 2.45) is 0 Å². The second-order valence-corrected chi connectivity index (χ2v) is 11.4. The molecule has 0 aliphatic carbocycles. The van der Waals surface area contributed by atoms with Gasteiger partial charge in [0, 0.05) is 6.61 Å². The average Bonchev–Trinajstić information content (AvgIpc) is 1.83. The zero-order chi connectivity index (χ0) is 9.61. The quantitative estimate of drug-likeness (QED) is 0.292. The Balaban J connectivity index is 3.17. The number of ether oxygens (including phenoxy) is 1. The first-order valence-corrected chi connectivity index (χ1v) is 8.75. The molecule has 0 amide bonds. The molecule has 0 bridgehead atoms. The second kappa shape index (κ2) is 6.03. The Morgan fingerprint density at radius 2 is 2.08 bits per heavy atom. The highest BCUT2D eigenvalue weighted by atomic mass is 35.7. The molecule has 0 atom stereocenters. The van der Waals surface area contributed by atoms with E-state index >= 15 is 0 Å². The number of hydrogen-bond acceptors (Lipinski definition) is 1. The largest absolute Gasteiger partial charge is 0.377 e. The lowest BCUT2D eigenvalue weighted by molar-refractivity contribution is 0.157. The molecular weight excluding hydrogens is 211 g/mol. The van der Waals surface area contributed by atoms with Crippen molar-refractivity contribution in [3.05, 3.63) is 12.2 Å². The molecule has 4 heteroatoms. The van der Waals surface area contributed by atoms with Crippen LogP contribution in [0.15, 0.2) is 12.2 Å². The fraction of sp³-hybridized carbons (Fsp3) is 0.750. The van der Waals surface area contributed by atoms with Crippen molar-refractivity contribution in [2.45, 2.75) is 25.9 Å². The van der Waals surface area contributed by atoms with Crippen LogP contribution >= 0.6 is 22.2 Å². The fourth-order valence-corrected chi connectivity index (χ4v) is 2.30. The molecule has 72 valence electrons. The molecule has 0 aliphatic rings. The molecule has 0 fully saturated rings. The van der Waals surface area contributed by atoms with Crippen LogP contribution < -0.4 is 0 Å². The predicted octanol–water partition coefficient (Wildman–Crippen LogP) is 3.52. The highest BCUT2D eigenvalue weighted by molar-refractivity contribution is 7.44. The average molecular weight is 227 g/mol. The van der Waals surface area contributed by atoms with Gasteiger partial charge in [0.15, 0.2) is 0 Å². The maximum Gasteiger partial charge on any atom is 0.248 e. The zero-order valence-corrected chi connectivity index (χ0v) is 10.2. The summed E-state index contributed by atoms with van der Waals surface area (Å²) in [4.78, 5) is 0. The Kier molecular flexibility index (Phi) is 6.28. The molecule has 0 radical (unpaired) electrons. The third kappa shape index (κ3) is 10.5. The summed E-state index contributed by atoms with van der Waals surface area (Å²) < 4.78 is 5.30. The molecule has 0 N–H and O–H groups in total. The van der Waals surface area contributed by atoms with Gasteiger partial charge in [0.2, 0.25) is 6.69 Å². The Morgan fingerprint density at radius 3 is 2.50 bits per heavy atom. The summed E-state index contributed by atoms with van der Waals surface area (Å²) in [6, 6.07) is 0.895. The van der Waals surface area contributed by atoms with E-state index in [9.17, 15) is 0 Å². The monoisotopic (exact) mass is 226 g/mol. The van der Waals surface area contributed by atoms with Crippen molar-refractivity contribution in [3.8, 4) is 0 Å². The maximum absolute atomic E-state index is 5.91. The van der Waals surface area contributed by atoms with E-state index in [4.69, 9.17) is 26.9 Å². The Morgan fingerprint density at radius 1 is 1.50 bits per heavy atom. The molecule has 0 rings (SSSR count). The minimum Gasteiger partial charge on any atom is -0.377 e. The van der Waals surface area contributed by atoms with Crippen LogP contribution in [0.25, 0.3) is 0 Å². The van der Waals surface area contributed by atoms with Crippen LogP contribution in [-0.2, 0) is 4.74 Å². The molecule has 0 unspecified atom stereocenters. The van der Waals surface area contributed by atoms with Gasteiger partial charge in [-0.05, 0) is 25.9 Å². The van der Waals surface area contributed by atoms with E-state index in [2.05, 4.69) is 6.58 Å². The van der Waals surface area contributed by atoms with Crippen molar-refractivity contribution in [1.29, 1.82) is 0 Å². The van der Waals surface area contributed by atoms with Gasteiger partial charge in [-0.1, -0.05) is 12.2 Å². The van der Waals surface area contributed by atoms with Crippen LogP contribution in [-0.4, -0.2) is 19.9 Å². The predicted molar refractivity (Wildman–Crippen MR) is 58.4 cm³/mol. The summed E-state index contributed by atoms with van der Waals surface area (Å²) in [5.74, 6) is 0. The smallest absolute Gasteiger partial charge is 0.248 e. The molecule has 0 aliphatic heterocycles. The third-order valence-corrected chi connectivity index (χ3v) is 3.62. The van der Waals surface area contributed by atoms with E-state index in [0.717, 1.165) is 24.6 Å². The van der Waals surface area contributed by atoms with Gasteiger partial charge in [-0.25, -0.2) is 0 Å². The van der Waals surface area contributed by atoms with Crippen LogP contribution in [0, 0.1) is 0 Å². The zero-order valence-electron chi connectivity index (χ0n) is 7.70. The van der Waals surface area contributed by atoms with E-state index < -0.39 is 6.69 Å². The van der Waals surface area contributed by atoms with Gasteiger partial charge in [-0.2, -0.15) is 0 Å². The van der Waals surface area contributed by atoms with E-state index in [1.165, 1.54) is 0 Å². The first-order chi connectivity index (χ1) is 5.42. The SMILES string of the molecule is C=C(C)COCCC[Si](C)(Cl)Cl. The van der Waals surface area contributed by atoms with Crippen molar-refractivity contribution < 1.29 is 4.74 Å². The summed E-state index contributed by atoms with van der Waals surface area (Å²) in [5, 5.41) is 0. The van der Waals surface area contributed by atoms with Crippen molar-refractivity contribution in [1.82, 2.24) is 0 Å². The molecule has 0 aromatic carbocycles. The van der Waals surface area contributed by atoms with Gasteiger partial charge < -0.3 is 4.74 Å². The highest BCUT2D eigenvalue weighted by Crippen LogP contribution is 2.21. The molecule has 0 aromatic heterocycles. The minimum atomic E-state index is -1.89. The first kappa shape index (κ1) is 12.5. The van der Waals surface area contributed by atoms with E-state index in [-0.39, 0.29) is 0 Å². The standard InChI is InChI=1S/C8H16Cl2OSi/c1-8(2)7-11-5-4-6-12(3,9)10/h1,4-7H2,2-3H3. The van der Waals surface area contributed by atoms with Crippen LogP contribution in [0.1, 0.15) is 13.3 Å². The molecule has 0 heterocycles. The van der Waals surface area contributed by atoms with Crippen molar-refractivity contribution >= 4 is 28.9 Å². The van der Waals surface area contributed by atoms with E-state index in [1.54, 1.807) is 0 Å². The summed E-state index contributed by atoms with van der Waals surface area (Å²) in [5.41, 5.74) is 1.05. The summed E-state index contributed by atoms with van der Waals surface area (Å²) in [6.45, 7) is 7.09. The Hall–Kier alpha value is 0.497. The lowest BCUT2D eigenvalue weighted by Gasteiger charge is -2.09. The number of hydrogen-bond donors (Lipinski definition) is 0. The molecular formula is C8H16Cl2OSi. The van der Waals surface area contributed by atoms with Gasteiger partial charge in [-0.15, -0.1) is 22.2 Å². The van der Waals surface area contributed by atoms with Crippen molar-refractivity contribution in [3.63, 3.8) is 0 Å². The lowest BCUT2D eigenvalue weighted by Crippen LogP contribution is -2.13. The minimum absolute atomic E-state index is 0.642. The van der Waals surface area contributed by atoms with Gasteiger partial charge in [-0.3, -0.25) is 0 Å². The normalized spacial score (nSPS) is 11.7. The summed E-state index contributed by atoms with van der Waals surface area (Å²) >= 11 is 11.8.